The number of anilines is 1. The van der Waals surface area contributed by atoms with Crippen molar-refractivity contribution in [3.05, 3.63) is 69.4 Å². The summed E-state index contributed by atoms with van der Waals surface area (Å²) in [5, 5.41) is 0.499. The lowest BCUT2D eigenvalue weighted by Crippen LogP contribution is -2.47. The average molecular weight is 438 g/mol. The van der Waals surface area contributed by atoms with E-state index in [0.717, 1.165) is 55.0 Å². The first-order chi connectivity index (χ1) is 14.8. The number of imide groups is 1. The van der Waals surface area contributed by atoms with Gasteiger partial charge in [0.15, 0.2) is 0 Å². The number of nitrogens with zero attached hydrogens (tertiary/aromatic N) is 3. The van der Waals surface area contributed by atoms with Crippen LogP contribution in [0.1, 0.15) is 29.2 Å². The third-order valence-electron chi connectivity index (χ3n) is 6.26. The smallest absolute Gasteiger partial charge is 0.282 e. The number of rotatable bonds is 4. The van der Waals surface area contributed by atoms with Gasteiger partial charge in [0.05, 0.1) is 11.3 Å². The van der Waals surface area contributed by atoms with Gasteiger partial charge in [0.2, 0.25) is 0 Å². The van der Waals surface area contributed by atoms with Crippen LogP contribution < -0.4 is 4.90 Å². The Hall–Kier alpha value is -2.63. The molecule has 0 aliphatic carbocycles. The van der Waals surface area contributed by atoms with Crippen LogP contribution in [0.25, 0.3) is 5.57 Å². The number of carbonyl (C=O) groups excluding carboxylic acids is 2. The molecule has 0 unspecified atom stereocenters. The molecule has 2 aliphatic heterocycles. The van der Waals surface area contributed by atoms with Crippen LogP contribution in [-0.2, 0) is 9.59 Å². The van der Waals surface area contributed by atoms with E-state index in [1.165, 1.54) is 4.90 Å². The highest BCUT2D eigenvalue weighted by atomic mass is 35.5. The van der Waals surface area contributed by atoms with Gasteiger partial charge in [0.1, 0.15) is 5.70 Å². The Labute approximate surface area is 188 Å². The first-order valence-electron chi connectivity index (χ1n) is 10.8. The van der Waals surface area contributed by atoms with Crippen LogP contribution in [0.3, 0.4) is 0 Å². The summed E-state index contributed by atoms with van der Waals surface area (Å²) < 4.78 is 0. The third-order valence-corrected chi connectivity index (χ3v) is 6.49. The Morgan fingerprint density at radius 3 is 2.23 bits per heavy atom. The van der Waals surface area contributed by atoms with Crippen LogP contribution in [0.15, 0.2) is 42.1 Å². The van der Waals surface area contributed by atoms with Crippen molar-refractivity contribution in [2.45, 2.75) is 27.7 Å². The Balaban J connectivity index is 1.84. The van der Waals surface area contributed by atoms with Crippen LogP contribution >= 0.6 is 11.6 Å². The van der Waals surface area contributed by atoms with Gasteiger partial charge in [0.25, 0.3) is 11.8 Å². The summed E-state index contributed by atoms with van der Waals surface area (Å²) in [7, 11) is 0. The molecule has 0 aromatic heterocycles. The van der Waals surface area contributed by atoms with Crippen LogP contribution in [0.5, 0.6) is 0 Å². The number of likely N-dealkylation sites (N-methyl/N-ethyl adjacent to an activating group) is 1. The van der Waals surface area contributed by atoms with Crippen molar-refractivity contribution in [1.29, 1.82) is 0 Å². The van der Waals surface area contributed by atoms with Crippen LogP contribution in [0, 0.1) is 20.8 Å². The van der Waals surface area contributed by atoms with Gasteiger partial charge in [0, 0.05) is 31.2 Å². The second-order valence-electron chi connectivity index (χ2n) is 8.34. The molecule has 2 heterocycles. The fourth-order valence-corrected chi connectivity index (χ4v) is 4.64. The number of amides is 2. The van der Waals surface area contributed by atoms with Gasteiger partial charge in [-0.05, 0) is 56.1 Å². The van der Waals surface area contributed by atoms with Gasteiger partial charge in [-0.1, -0.05) is 48.4 Å². The SMILES string of the molecule is CCN1CCN(C2=C(c3ccc(C)cc3C)C(=O)N(c3cc(Cl)ccc3C)C2=O)CC1. The van der Waals surface area contributed by atoms with Crippen molar-refractivity contribution in [3.8, 4) is 0 Å². The van der Waals surface area contributed by atoms with E-state index < -0.39 is 0 Å². The lowest BCUT2D eigenvalue weighted by atomic mass is 9.97. The maximum Gasteiger partial charge on any atom is 0.282 e. The highest BCUT2D eigenvalue weighted by Gasteiger charge is 2.43. The predicted molar refractivity (Wildman–Crippen MR) is 125 cm³/mol. The lowest BCUT2D eigenvalue weighted by Gasteiger charge is -2.36. The first-order valence-corrected chi connectivity index (χ1v) is 11.1. The Bertz CT molecular complexity index is 1080. The molecule has 1 fully saturated rings. The van der Waals surface area contributed by atoms with Crippen LogP contribution in [-0.4, -0.2) is 54.3 Å². The predicted octanol–water partition coefficient (Wildman–Crippen LogP) is 4.19. The molecule has 162 valence electrons. The van der Waals surface area contributed by atoms with Crippen molar-refractivity contribution < 1.29 is 9.59 Å². The number of piperazine rings is 1. The summed E-state index contributed by atoms with van der Waals surface area (Å²) in [5.41, 5.74) is 5.32. The van der Waals surface area contributed by atoms with Crippen LogP contribution in [0.2, 0.25) is 5.02 Å². The highest BCUT2D eigenvalue weighted by molar-refractivity contribution is 6.46. The summed E-state index contributed by atoms with van der Waals surface area (Å²) in [5.74, 6) is -0.550. The molecule has 4 rings (SSSR count). The number of halogens is 1. The summed E-state index contributed by atoms with van der Waals surface area (Å²) in [4.78, 5) is 33.2. The summed E-state index contributed by atoms with van der Waals surface area (Å²) in [6.07, 6.45) is 0. The largest absolute Gasteiger partial charge is 0.364 e. The third kappa shape index (κ3) is 3.88. The van der Waals surface area contributed by atoms with Crippen molar-refractivity contribution in [2.24, 2.45) is 0 Å². The summed E-state index contributed by atoms with van der Waals surface area (Å²) in [6.45, 7) is 12.2. The van der Waals surface area contributed by atoms with Gasteiger partial charge in [-0.3, -0.25) is 9.59 Å². The van der Waals surface area contributed by atoms with Crippen molar-refractivity contribution >= 4 is 34.7 Å². The average Bonchev–Trinajstić information content (AvgIpc) is 3.00. The van der Waals surface area contributed by atoms with E-state index in [-0.39, 0.29) is 11.8 Å². The number of carbonyl (C=O) groups is 2. The molecule has 31 heavy (non-hydrogen) atoms. The van der Waals surface area contributed by atoms with Gasteiger partial charge in [-0.15, -0.1) is 0 Å². The quantitative estimate of drug-likeness (QED) is 0.673. The zero-order valence-corrected chi connectivity index (χ0v) is 19.3. The molecular weight excluding hydrogens is 410 g/mol. The summed E-state index contributed by atoms with van der Waals surface area (Å²) >= 11 is 6.22. The zero-order chi connectivity index (χ0) is 22.3. The Morgan fingerprint density at radius 1 is 0.871 bits per heavy atom. The monoisotopic (exact) mass is 437 g/mol. The topological polar surface area (TPSA) is 43.9 Å². The molecule has 1 saturated heterocycles. The molecule has 6 heteroatoms. The molecule has 0 saturated carbocycles. The van der Waals surface area contributed by atoms with E-state index >= 15 is 0 Å². The molecule has 2 aromatic carbocycles. The van der Waals surface area contributed by atoms with E-state index in [1.54, 1.807) is 12.1 Å². The zero-order valence-electron chi connectivity index (χ0n) is 18.5. The molecular formula is C25H28ClN3O2. The van der Waals surface area contributed by atoms with Gasteiger partial charge in [-0.25, -0.2) is 4.90 Å². The van der Waals surface area contributed by atoms with Crippen molar-refractivity contribution in [3.63, 3.8) is 0 Å². The summed E-state index contributed by atoms with van der Waals surface area (Å²) in [6, 6.07) is 11.3. The van der Waals surface area contributed by atoms with Crippen molar-refractivity contribution in [1.82, 2.24) is 9.80 Å². The first kappa shape index (κ1) is 21.6. The molecule has 0 spiro atoms. The molecule has 2 aromatic rings. The van der Waals surface area contributed by atoms with Gasteiger partial charge >= 0.3 is 0 Å². The minimum atomic E-state index is -0.282. The second-order valence-corrected chi connectivity index (χ2v) is 8.78. The molecule has 0 bridgehead atoms. The Kier molecular flexibility index (Phi) is 5.91. The standard InChI is InChI=1S/C25H28ClN3O2/c1-5-27-10-12-28(13-11-27)23-22(20-9-6-16(2)14-18(20)4)24(30)29(25(23)31)21-15-19(26)8-7-17(21)3/h6-9,14-15H,5,10-13H2,1-4H3. The number of benzene rings is 2. The number of hydrogen-bond donors (Lipinski definition) is 0. The van der Waals surface area contributed by atoms with Gasteiger partial charge in [-0.2, -0.15) is 0 Å². The second kappa shape index (κ2) is 8.48. The van der Waals surface area contributed by atoms with E-state index in [1.807, 2.05) is 39.0 Å². The van der Waals surface area contributed by atoms with Crippen molar-refractivity contribution in [2.75, 3.05) is 37.6 Å². The molecule has 5 nitrogen and oxygen atoms in total. The molecule has 0 radical (unpaired) electrons. The minimum absolute atomic E-state index is 0.268. The number of aryl methyl sites for hydroxylation is 3. The maximum absolute atomic E-state index is 13.8. The number of hydrogen-bond acceptors (Lipinski definition) is 4. The Morgan fingerprint density at radius 2 is 1.58 bits per heavy atom. The van der Waals surface area contributed by atoms with Crippen LogP contribution in [0.4, 0.5) is 5.69 Å². The highest BCUT2D eigenvalue weighted by Crippen LogP contribution is 2.38. The maximum atomic E-state index is 13.8. The molecule has 0 N–H and O–H groups in total. The lowest BCUT2D eigenvalue weighted by molar-refractivity contribution is -0.120. The van der Waals surface area contributed by atoms with Gasteiger partial charge < -0.3 is 9.80 Å². The molecule has 0 atom stereocenters. The fourth-order valence-electron chi connectivity index (χ4n) is 4.48. The van der Waals surface area contributed by atoms with E-state index in [4.69, 9.17) is 11.6 Å². The van der Waals surface area contributed by atoms with E-state index in [9.17, 15) is 9.59 Å². The fraction of sp³-hybridized carbons (Fsp3) is 0.360. The van der Waals surface area contributed by atoms with E-state index in [0.29, 0.717) is 22.0 Å². The normalized spacial score (nSPS) is 17.8. The van der Waals surface area contributed by atoms with E-state index in [2.05, 4.69) is 22.8 Å². The molecule has 2 aliphatic rings. The minimum Gasteiger partial charge on any atom is -0.364 e. The molecule has 2 amide bonds.